The van der Waals surface area contributed by atoms with E-state index >= 15 is 0 Å². The van der Waals surface area contributed by atoms with Crippen molar-refractivity contribution in [1.82, 2.24) is 9.55 Å². The fraction of sp³-hybridized carbons (Fsp3) is 0.235. The monoisotopic (exact) mass is 391 g/mol. The molecule has 0 amide bonds. The van der Waals surface area contributed by atoms with E-state index in [0.29, 0.717) is 11.0 Å². The van der Waals surface area contributed by atoms with Crippen molar-refractivity contribution in [3.63, 3.8) is 0 Å². The van der Waals surface area contributed by atoms with E-state index in [1.54, 1.807) is 31.2 Å². The highest BCUT2D eigenvalue weighted by Crippen LogP contribution is 2.31. The van der Waals surface area contributed by atoms with Gasteiger partial charge in [0.2, 0.25) is 0 Å². The van der Waals surface area contributed by atoms with E-state index in [2.05, 4.69) is 10.3 Å². The molecule has 0 fully saturated rings. The van der Waals surface area contributed by atoms with Crippen molar-refractivity contribution in [2.75, 3.05) is 11.9 Å². The molecule has 1 N–H and O–H groups in total. The topological polar surface area (TPSA) is 116 Å². The van der Waals surface area contributed by atoms with Crippen LogP contribution in [0.5, 0.6) is 0 Å². The number of benzene rings is 2. The molecule has 0 saturated heterocycles. The number of nitrogens with one attached hydrogen (secondary N) is 1. The molecule has 0 aliphatic rings. The predicted octanol–water partition coefficient (Wildman–Crippen LogP) is 4.46. The Balaban J connectivity index is 1.88. The summed E-state index contributed by atoms with van der Waals surface area (Å²) < 4.78 is 27.9. The Morgan fingerprint density at radius 3 is 2.50 bits per heavy atom. The summed E-state index contributed by atoms with van der Waals surface area (Å²) in [5.41, 5.74) is -0.109. The van der Waals surface area contributed by atoms with E-state index in [9.17, 15) is 29.0 Å². The molecular weight excluding hydrogens is 376 g/mol. The van der Waals surface area contributed by atoms with Crippen molar-refractivity contribution < 1.29 is 18.6 Å². The van der Waals surface area contributed by atoms with Gasteiger partial charge < -0.3 is 5.32 Å². The van der Waals surface area contributed by atoms with Crippen LogP contribution >= 0.6 is 0 Å². The van der Waals surface area contributed by atoms with Gasteiger partial charge in [0.1, 0.15) is 11.5 Å². The van der Waals surface area contributed by atoms with Crippen molar-refractivity contribution in [2.45, 2.75) is 19.4 Å². The molecule has 1 atom stereocenters. The average molecular weight is 391 g/mol. The van der Waals surface area contributed by atoms with Crippen LogP contribution in [-0.2, 0) is 0 Å². The van der Waals surface area contributed by atoms with Gasteiger partial charge in [0.05, 0.1) is 26.9 Å². The maximum absolute atomic E-state index is 13.6. The number of aromatic nitrogens is 2. The van der Waals surface area contributed by atoms with Crippen LogP contribution in [0.25, 0.3) is 11.0 Å². The Morgan fingerprint density at radius 2 is 1.86 bits per heavy atom. The van der Waals surface area contributed by atoms with Gasteiger partial charge in [-0.1, -0.05) is 19.1 Å². The van der Waals surface area contributed by atoms with Crippen LogP contribution in [0.15, 0.2) is 42.5 Å². The first-order chi connectivity index (χ1) is 13.3. The van der Waals surface area contributed by atoms with Gasteiger partial charge in [0, 0.05) is 18.5 Å². The van der Waals surface area contributed by atoms with E-state index in [1.165, 1.54) is 6.07 Å². The molecule has 0 saturated carbocycles. The minimum atomic E-state index is -2.79. The van der Waals surface area contributed by atoms with E-state index < -0.39 is 33.7 Å². The number of para-hydroxylation sites is 2. The van der Waals surface area contributed by atoms with Crippen LogP contribution in [-0.4, -0.2) is 25.9 Å². The second kappa shape index (κ2) is 7.55. The van der Waals surface area contributed by atoms with Crippen LogP contribution in [0.3, 0.4) is 0 Å². The zero-order valence-electron chi connectivity index (χ0n) is 14.6. The van der Waals surface area contributed by atoms with Gasteiger partial charge in [0.15, 0.2) is 0 Å². The van der Waals surface area contributed by atoms with Gasteiger partial charge in [-0.05, 0) is 18.2 Å². The van der Waals surface area contributed by atoms with Crippen LogP contribution < -0.4 is 5.32 Å². The number of hydrogen-bond acceptors (Lipinski definition) is 6. The highest BCUT2D eigenvalue weighted by atomic mass is 19.3. The number of fused-ring (bicyclic) bond motifs is 1. The Hall–Kier alpha value is -3.63. The maximum atomic E-state index is 13.6. The molecule has 3 aromatic rings. The summed E-state index contributed by atoms with van der Waals surface area (Å²) in [5.74, 6) is -0.385. The SMILES string of the molecule is CC(CNc1ccc([N+](=O)[O-])cc1[N+](=O)[O-])c1nc2ccccc2n1C(F)F. The second-order valence-electron chi connectivity index (χ2n) is 6.10. The molecule has 9 nitrogen and oxygen atoms in total. The van der Waals surface area contributed by atoms with Crippen molar-refractivity contribution in [3.8, 4) is 0 Å². The van der Waals surface area contributed by atoms with Crippen LogP contribution in [0.2, 0.25) is 0 Å². The number of anilines is 1. The lowest BCUT2D eigenvalue weighted by Crippen LogP contribution is -2.16. The number of alkyl halides is 2. The highest BCUT2D eigenvalue weighted by molar-refractivity contribution is 5.76. The molecule has 0 spiro atoms. The molecule has 1 aromatic heterocycles. The molecule has 11 heteroatoms. The third-order valence-corrected chi connectivity index (χ3v) is 4.25. The van der Waals surface area contributed by atoms with Crippen LogP contribution in [0.1, 0.15) is 25.2 Å². The molecule has 0 aliphatic heterocycles. The van der Waals surface area contributed by atoms with Crippen molar-refractivity contribution in [1.29, 1.82) is 0 Å². The lowest BCUT2D eigenvalue weighted by atomic mass is 10.1. The number of halogens is 2. The molecule has 3 rings (SSSR count). The summed E-state index contributed by atoms with van der Waals surface area (Å²) in [7, 11) is 0. The Bertz CT molecular complexity index is 1050. The largest absolute Gasteiger partial charge is 0.379 e. The van der Waals surface area contributed by atoms with Gasteiger partial charge in [-0.15, -0.1) is 0 Å². The zero-order chi connectivity index (χ0) is 20.4. The fourth-order valence-electron chi connectivity index (χ4n) is 2.90. The number of imidazole rings is 1. The summed E-state index contributed by atoms with van der Waals surface area (Å²) in [6.45, 7) is -1.07. The number of rotatable bonds is 7. The first-order valence-electron chi connectivity index (χ1n) is 8.21. The first-order valence-corrected chi connectivity index (χ1v) is 8.21. The van der Waals surface area contributed by atoms with Crippen LogP contribution in [0, 0.1) is 20.2 Å². The molecule has 146 valence electrons. The van der Waals surface area contributed by atoms with Gasteiger partial charge >= 0.3 is 6.55 Å². The predicted molar refractivity (Wildman–Crippen MR) is 97.6 cm³/mol. The molecule has 1 heterocycles. The quantitative estimate of drug-likeness (QED) is 0.469. The molecule has 0 radical (unpaired) electrons. The Labute approximate surface area is 156 Å². The molecule has 0 aliphatic carbocycles. The van der Waals surface area contributed by atoms with Crippen molar-refractivity contribution >= 4 is 28.1 Å². The summed E-state index contributed by atoms with van der Waals surface area (Å²) in [6.07, 6.45) is 0. The highest BCUT2D eigenvalue weighted by Gasteiger charge is 2.23. The summed E-state index contributed by atoms with van der Waals surface area (Å²) in [5, 5.41) is 24.8. The lowest BCUT2D eigenvalue weighted by molar-refractivity contribution is -0.393. The van der Waals surface area contributed by atoms with Crippen LogP contribution in [0.4, 0.5) is 25.8 Å². The second-order valence-corrected chi connectivity index (χ2v) is 6.10. The average Bonchev–Trinajstić information content (AvgIpc) is 3.05. The van der Waals surface area contributed by atoms with Crippen molar-refractivity contribution in [3.05, 3.63) is 68.5 Å². The molecule has 2 aromatic carbocycles. The number of non-ortho nitro benzene ring substituents is 1. The summed E-state index contributed by atoms with van der Waals surface area (Å²) in [6, 6.07) is 9.70. The van der Waals surface area contributed by atoms with Gasteiger partial charge in [0.25, 0.3) is 11.4 Å². The van der Waals surface area contributed by atoms with Gasteiger partial charge in [-0.2, -0.15) is 8.78 Å². The molecule has 0 bridgehead atoms. The first kappa shape index (κ1) is 19.1. The van der Waals surface area contributed by atoms with Crippen molar-refractivity contribution in [2.24, 2.45) is 0 Å². The van der Waals surface area contributed by atoms with Gasteiger partial charge in [-0.25, -0.2) is 4.98 Å². The third-order valence-electron chi connectivity index (χ3n) is 4.25. The van der Waals surface area contributed by atoms with E-state index in [4.69, 9.17) is 0 Å². The summed E-state index contributed by atoms with van der Waals surface area (Å²) >= 11 is 0. The minimum absolute atomic E-state index is 0.0576. The number of nitrogens with zero attached hydrogens (tertiary/aromatic N) is 4. The standard InChI is InChI=1S/C17H15F2N5O4/c1-10(16-21-13-4-2-3-5-14(13)22(16)17(18)19)9-20-12-7-6-11(23(25)26)8-15(12)24(27)28/h2-8,10,17,20H,9H2,1H3. The summed E-state index contributed by atoms with van der Waals surface area (Å²) in [4.78, 5) is 24.8. The number of nitro groups is 2. The van der Waals surface area contributed by atoms with Gasteiger partial charge in [-0.3, -0.25) is 24.8 Å². The molecular formula is C17H15F2N5O4. The Morgan fingerprint density at radius 1 is 1.14 bits per heavy atom. The number of nitro benzene ring substituents is 2. The lowest BCUT2D eigenvalue weighted by Gasteiger charge is -2.15. The van der Waals surface area contributed by atoms with E-state index in [-0.39, 0.29) is 18.1 Å². The fourth-order valence-corrected chi connectivity index (χ4v) is 2.90. The van der Waals surface area contributed by atoms with E-state index in [0.717, 1.165) is 16.7 Å². The maximum Gasteiger partial charge on any atom is 0.320 e. The van der Waals surface area contributed by atoms with E-state index in [1.807, 2.05) is 0 Å². The Kier molecular flexibility index (Phi) is 5.16. The zero-order valence-corrected chi connectivity index (χ0v) is 14.6. The molecule has 28 heavy (non-hydrogen) atoms. The number of hydrogen-bond donors (Lipinski definition) is 1. The third kappa shape index (κ3) is 3.59. The smallest absolute Gasteiger partial charge is 0.320 e. The molecule has 1 unspecified atom stereocenters. The normalized spacial score (nSPS) is 12.3. The minimum Gasteiger partial charge on any atom is -0.379 e.